The number of anilines is 2. The van der Waals surface area contributed by atoms with E-state index in [1.54, 1.807) is 30.3 Å². The fourth-order valence-electron chi connectivity index (χ4n) is 1.28. The second-order valence-electron chi connectivity index (χ2n) is 3.35. The Labute approximate surface area is 92.4 Å². The Morgan fingerprint density at radius 1 is 0.875 bits per heavy atom. The van der Waals surface area contributed by atoms with E-state index >= 15 is 0 Å². The van der Waals surface area contributed by atoms with Crippen LogP contribution in [-0.2, 0) is 0 Å². The van der Waals surface area contributed by atoms with Crippen molar-refractivity contribution in [1.82, 2.24) is 0 Å². The molecule has 2 rings (SSSR count). The van der Waals surface area contributed by atoms with Gasteiger partial charge in [0.15, 0.2) is 0 Å². The lowest BCUT2D eigenvalue weighted by atomic mass is 10.2. The predicted molar refractivity (Wildman–Crippen MR) is 61.7 cm³/mol. The van der Waals surface area contributed by atoms with Gasteiger partial charge in [-0.25, -0.2) is 4.39 Å². The minimum Gasteiger partial charge on any atom is -0.457 e. The maximum atomic E-state index is 12.9. The van der Waals surface area contributed by atoms with Gasteiger partial charge in [-0.05, 0) is 24.3 Å². The molecule has 0 aliphatic rings. The number of ether oxygens (including phenoxy) is 1. The van der Waals surface area contributed by atoms with Gasteiger partial charge in [-0.3, -0.25) is 0 Å². The summed E-state index contributed by atoms with van der Waals surface area (Å²) in [5, 5.41) is 0. The zero-order valence-electron chi connectivity index (χ0n) is 8.48. The van der Waals surface area contributed by atoms with Gasteiger partial charge in [0, 0.05) is 12.1 Å². The average molecular weight is 218 g/mol. The summed E-state index contributed by atoms with van der Waals surface area (Å²) >= 11 is 0. The molecule has 0 aromatic heterocycles. The summed E-state index contributed by atoms with van der Waals surface area (Å²) in [6, 6.07) is 10.8. The van der Waals surface area contributed by atoms with E-state index in [-0.39, 0.29) is 5.82 Å². The van der Waals surface area contributed by atoms with Gasteiger partial charge in [0.2, 0.25) is 0 Å². The fraction of sp³-hybridized carbons (Fsp3) is 0. The fourth-order valence-corrected chi connectivity index (χ4v) is 1.28. The van der Waals surface area contributed by atoms with Crippen LogP contribution in [0.3, 0.4) is 0 Å². The van der Waals surface area contributed by atoms with E-state index < -0.39 is 0 Å². The number of halogens is 1. The van der Waals surface area contributed by atoms with Crippen molar-refractivity contribution < 1.29 is 9.13 Å². The molecule has 0 saturated heterocycles. The minimum atomic E-state index is -0.346. The Balaban J connectivity index is 2.24. The third-order valence-electron chi connectivity index (χ3n) is 2.09. The average Bonchev–Trinajstić information content (AvgIpc) is 2.24. The first-order valence-electron chi connectivity index (χ1n) is 4.73. The molecule has 0 aliphatic heterocycles. The van der Waals surface area contributed by atoms with Crippen LogP contribution in [0.25, 0.3) is 0 Å². The second-order valence-corrected chi connectivity index (χ2v) is 3.35. The summed E-state index contributed by atoms with van der Waals surface area (Å²) in [5.74, 6) is 0.599. The van der Waals surface area contributed by atoms with E-state index in [0.717, 1.165) is 0 Å². The van der Waals surface area contributed by atoms with Gasteiger partial charge in [-0.1, -0.05) is 6.07 Å². The van der Waals surface area contributed by atoms with Crippen LogP contribution in [0.4, 0.5) is 15.8 Å². The van der Waals surface area contributed by atoms with E-state index in [1.807, 2.05) is 0 Å². The SMILES string of the molecule is Nc1ccc(Oc2cccc(F)c2)cc1N. The molecule has 16 heavy (non-hydrogen) atoms. The monoisotopic (exact) mass is 218 g/mol. The van der Waals surface area contributed by atoms with Gasteiger partial charge in [0.1, 0.15) is 17.3 Å². The number of hydrogen-bond donors (Lipinski definition) is 2. The molecule has 0 heterocycles. The summed E-state index contributed by atoms with van der Waals surface area (Å²) < 4.78 is 18.3. The second kappa shape index (κ2) is 4.10. The van der Waals surface area contributed by atoms with Crippen LogP contribution in [-0.4, -0.2) is 0 Å². The van der Waals surface area contributed by atoms with Crippen LogP contribution < -0.4 is 16.2 Å². The topological polar surface area (TPSA) is 61.3 Å². The van der Waals surface area contributed by atoms with Gasteiger partial charge in [0.25, 0.3) is 0 Å². The summed E-state index contributed by atoms with van der Waals surface area (Å²) in [6.45, 7) is 0. The molecule has 0 fully saturated rings. The van der Waals surface area contributed by atoms with Crippen LogP contribution in [0.1, 0.15) is 0 Å². The smallest absolute Gasteiger partial charge is 0.130 e. The summed E-state index contributed by atoms with van der Waals surface area (Å²) in [5.41, 5.74) is 12.1. The van der Waals surface area contributed by atoms with Gasteiger partial charge in [-0.15, -0.1) is 0 Å². The quantitative estimate of drug-likeness (QED) is 0.762. The molecule has 0 unspecified atom stereocenters. The van der Waals surface area contributed by atoms with Crippen LogP contribution in [0.5, 0.6) is 11.5 Å². The van der Waals surface area contributed by atoms with Gasteiger partial charge >= 0.3 is 0 Å². The lowest BCUT2D eigenvalue weighted by molar-refractivity contribution is 0.477. The van der Waals surface area contributed by atoms with Crippen LogP contribution >= 0.6 is 0 Å². The van der Waals surface area contributed by atoms with Gasteiger partial charge < -0.3 is 16.2 Å². The Morgan fingerprint density at radius 3 is 2.31 bits per heavy atom. The molecular weight excluding hydrogens is 207 g/mol. The first-order chi connectivity index (χ1) is 7.65. The van der Waals surface area contributed by atoms with Crippen molar-refractivity contribution in [3.8, 4) is 11.5 Å². The molecule has 0 saturated carbocycles. The largest absolute Gasteiger partial charge is 0.457 e. The van der Waals surface area contributed by atoms with Crippen molar-refractivity contribution in [3.63, 3.8) is 0 Å². The maximum Gasteiger partial charge on any atom is 0.130 e. The van der Waals surface area contributed by atoms with E-state index in [4.69, 9.17) is 16.2 Å². The summed E-state index contributed by atoms with van der Waals surface area (Å²) in [4.78, 5) is 0. The van der Waals surface area contributed by atoms with Crippen LogP contribution in [0.2, 0.25) is 0 Å². The lowest BCUT2D eigenvalue weighted by Gasteiger charge is -2.07. The lowest BCUT2D eigenvalue weighted by Crippen LogP contribution is -1.94. The summed E-state index contributed by atoms with van der Waals surface area (Å²) in [7, 11) is 0. The molecule has 0 aliphatic carbocycles. The molecule has 4 N–H and O–H groups in total. The van der Waals surface area contributed by atoms with Crippen molar-refractivity contribution in [2.75, 3.05) is 11.5 Å². The molecule has 0 amide bonds. The Kier molecular flexibility index (Phi) is 2.64. The third kappa shape index (κ3) is 2.23. The molecule has 0 spiro atoms. The first-order valence-corrected chi connectivity index (χ1v) is 4.73. The zero-order valence-corrected chi connectivity index (χ0v) is 8.48. The molecule has 3 nitrogen and oxygen atoms in total. The Bertz CT molecular complexity index is 514. The predicted octanol–water partition coefficient (Wildman–Crippen LogP) is 2.78. The van der Waals surface area contributed by atoms with Crippen molar-refractivity contribution in [3.05, 3.63) is 48.3 Å². The number of rotatable bonds is 2. The van der Waals surface area contributed by atoms with Crippen molar-refractivity contribution in [1.29, 1.82) is 0 Å². The highest BCUT2D eigenvalue weighted by Crippen LogP contribution is 2.26. The van der Waals surface area contributed by atoms with E-state index in [1.165, 1.54) is 12.1 Å². The van der Waals surface area contributed by atoms with Crippen molar-refractivity contribution >= 4 is 11.4 Å². The molecule has 82 valence electrons. The molecule has 0 atom stereocenters. The number of nitrogen functional groups attached to an aromatic ring is 2. The Hall–Kier alpha value is -2.23. The normalized spacial score (nSPS) is 10.1. The highest BCUT2D eigenvalue weighted by atomic mass is 19.1. The number of hydrogen-bond acceptors (Lipinski definition) is 3. The molecule has 0 radical (unpaired) electrons. The molecule has 2 aromatic carbocycles. The maximum absolute atomic E-state index is 12.9. The van der Waals surface area contributed by atoms with Gasteiger partial charge in [-0.2, -0.15) is 0 Å². The van der Waals surface area contributed by atoms with E-state index in [2.05, 4.69) is 0 Å². The van der Waals surface area contributed by atoms with Crippen LogP contribution in [0, 0.1) is 5.82 Å². The summed E-state index contributed by atoms with van der Waals surface area (Å²) in [6.07, 6.45) is 0. The van der Waals surface area contributed by atoms with Crippen molar-refractivity contribution in [2.45, 2.75) is 0 Å². The molecule has 0 bridgehead atoms. The van der Waals surface area contributed by atoms with Crippen LogP contribution in [0.15, 0.2) is 42.5 Å². The standard InChI is InChI=1S/C12H11FN2O/c13-8-2-1-3-9(6-8)16-10-4-5-11(14)12(15)7-10/h1-7H,14-15H2. The molecule has 4 heteroatoms. The van der Waals surface area contributed by atoms with Gasteiger partial charge in [0.05, 0.1) is 11.4 Å². The number of nitrogens with two attached hydrogens (primary N) is 2. The third-order valence-corrected chi connectivity index (χ3v) is 2.09. The zero-order chi connectivity index (χ0) is 11.5. The highest BCUT2D eigenvalue weighted by molar-refractivity contribution is 5.65. The minimum absolute atomic E-state index is 0.346. The molecular formula is C12H11FN2O. The van der Waals surface area contributed by atoms with E-state index in [0.29, 0.717) is 22.9 Å². The number of benzene rings is 2. The van der Waals surface area contributed by atoms with Crippen molar-refractivity contribution in [2.24, 2.45) is 0 Å². The first kappa shape index (κ1) is 10.3. The Morgan fingerprint density at radius 2 is 1.62 bits per heavy atom. The highest BCUT2D eigenvalue weighted by Gasteiger charge is 2.01. The molecule has 2 aromatic rings. The van der Waals surface area contributed by atoms with E-state index in [9.17, 15) is 4.39 Å².